The molecule has 0 amide bonds. The molecule has 0 spiro atoms. The van der Waals surface area contributed by atoms with Crippen molar-refractivity contribution in [2.75, 3.05) is 13.2 Å². The summed E-state index contributed by atoms with van der Waals surface area (Å²) < 4.78 is 5.63. The Labute approximate surface area is 117 Å². The van der Waals surface area contributed by atoms with Gasteiger partial charge in [0, 0.05) is 6.04 Å². The highest BCUT2D eigenvalue weighted by Gasteiger charge is 2.50. The SMILES string of the molecule is CCCNC(c1cccc(OCC)c1)C1CC1(C)C. The first-order valence-electron chi connectivity index (χ1n) is 7.54. The molecule has 0 heterocycles. The molecule has 19 heavy (non-hydrogen) atoms. The van der Waals surface area contributed by atoms with Crippen molar-refractivity contribution >= 4 is 0 Å². The molecule has 2 unspecified atom stereocenters. The fourth-order valence-corrected chi connectivity index (χ4v) is 2.83. The molecule has 2 rings (SSSR count). The molecule has 0 bridgehead atoms. The lowest BCUT2D eigenvalue weighted by Gasteiger charge is -2.21. The van der Waals surface area contributed by atoms with Gasteiger partial charge in [-0.25, -0.2) is 0 Å². The third-order valence-corrected chi connectivity index (χ3v) is 4.13. The van der Waals surface area contributed by atoms with Crippen molar-refractivity contribution in [1.29, 1.82) is 0 Å². The van der Waals surface area contributed by atoms with Crippen LogP contribution < -0.4 is 10.1 Å². The molecular formula is C17H27NO. The van der Waals surface area contributed by atoms with E-state index in [0.717, 1.165) is 24.8 Å². The minimum atomic E-state index is 0.468. The summed E-state index contributed by atoms with van der Waals surface area (Å²) >= 11 is 0. The highest BCUT2D eigenvalue weighted by Crippen LogP contribution is 2.57. The first kappa shape index (κ1) is 14.4. The van der Waals surface area contributed by atoms with Crippen molar-refractivity contribution in [3.63, 3.8) is 0 Å². The number of hydrogen-bond donors (Lipinski definition) is 1. The minimum absolute atomic E-state index is 0.468. The largest absolute Gasteiger partial charge is 0.494 e. The van der Waals surface area contributed by atoms with E-state index < -0.39 is 0 Å². The van der Waals surface area contributed by atoms with Gasteiger partial charge in [-0.15, -0.1) is 0 Å². The summed E-state index contributed by atoms with van der Waals surface area (Å²) in [6.07, 6.45) is 2.49. The Bertz CT molecular complexity index is 413. The number of rotatable bonds is 7. The monoisotopic (exact) mass is 261 g/mol. The quantitative estimate of drug-likeness (QED) is 0.795. The number of nitrogens with one attached hydrogen (secondary N) is 1. The van der Waals surface area contributed by atoms with Crippen LogP contribution in [0.3, 0.4) is 0 Å². The fraction of sp³-hybridized carbons (Fsp3) is 0.647. The van der Waals surface area contributed by atoms with Crippen LogP contribution in [0.5, 0.6) is 5.75 Å². The third-order valence-electron chi connectivity index (χ3n) is 4.13. The van der Waals surface area contributed by atoms with Crippen molar-refractivity contribution in [3.05, 3.63) is 29.8 Å². The van der Waals surface area contributed by atoms with Crippen LogP contribution in [0.15, 0.2) is 24.3 Å². The fourth-order valence-electron chi connectivity index (χ4n) is 2.83. The summed E-state index contributed by atoms with van der Waals surface area (Å²) in [6, 6.07) is 9.05. The van der Waals surface area contributed by atoms with Gasteiger partial charge in [-0.1, -0.05) is 32.9 Å². The van der Waals surface area contributed by atoms with E-state index in [0.29, 0.717) is 11.5 Å². The molecular weight excluding hydrogens is 234 g/mol. The van der Waals surface area contributed by atoms with Crippen LogP contribution in [-0.4, -0.2) is 13.2 Å². The first-order chi connectivity index (χ1) is 9.08. The van der Waals surface area contributed by atoms with E-state index in [1.54, 1.807) is 0 Å². The number of hydrogen-bond acceptors (Lipinski definition) is 2. The molecule has 2 heteroatoms. The Morgan fingerprint density at radius 2 is 2.11 bits per heavy atom. The molecule has 2 atom stereocenters. The molecule has 1 aromatic rings. The van der Waals surface area contributed by atoms with Crippen molar-refractivity contribution in [2.45, 2.75) is 46.6 Å². The highest BCUT2D eigenvalue weighted by atomic mass is 16.5. The van der Waals surface area contributed by atoms with Crippen LogP contribution in [0.1, 0.15) is 52.1 Å². The standard InChI is InChI=1S/C17H27NO/c1-5-10-18-16(15-12-17(15,3)4)13-8-7-9-14(11-13)19-6-2/h7-9,11,15-16,18H,5-6,10,12H2,1-4H3. The lowest BCUT2D eigenvalue weighted by atomic mass is 9.96. The van der Waals surface area contributed by atoms with Gasteiger partial charge >= 0.3 is 0 Å². The van der Waals surface area contributed by atoms with E-state index in [4.69, 9.17) is 4.74 Å². The second-order valence-electron chi connectivity index (χ2n) is 6.24. The van der Waals surface area contributed by atoms with E-state index in [1.807, 2.05) is 13.0 Å². The lowest BCUT2D eigenvalue weighted by Crippen LogP contribution is -2.25. The van der Waals surface area contributed by atoms with Gasteiger partial charge in [0.2, 0.25) is 0 Å². The van der Waals surface area contributed by atoms with Gasteiger partial charge in [-0.2, -0.15) is 0 Å². The summed E-state index contributed by atoms with van der Waals surface area (Å²) in [5.41, 5.74) is 1.85. The summed E-state index contributed by atoms with van der Waals surface area (Å²) in [4.78, 5) is 0. The number of ether oxygens (including phenoxy) is 1. The Balaban J connectivity index is 2.15. The molecule has 0 aromatic heterocycles. The number of benzene rings is 1. The summed E-state index contributed by atoms with van der Waals surface area (Å²) in [7, 11) is 0. The maximum absolute atomic E-state index is 5.63. The molecule has 1 aliphatic carbocycles. The van der Waals surface area contributed by atoms with Gasteiger partial charge in [0.1, 0.15) is 5.75 Å². The molecule has 1 saturated carbocycles. The van der Waals surface area contributed by atoms with E-state index in [9.17, 15) is 0 Å². The maximum Gasteiger partial charge on any atom is 0.119 e. The van der Waals surface area contributed by atoms with Gasteiger partial charge in [-0.05, 0) is 55.3 Å². The van der Waals surface area contributed by atoms with Crippen molar-refractivity contribution in [2.24, 2.45) is 11.3 Å². The average molecular weight is 261 g/mol. The molecule has 1 aliphatic rings. The normalized spacial score (nSPS) is 22.0. The Hall–Kier alpha value is -1.02. The summed E-state index contributed by atoms with van der Waals surface area (Å²) in [5.74, 6) is 1.73. The van der Waals surface area contributed by atoms with E-state index in [-0.39, 0.29) is 0 Å². The molecule has 106 valence electrons. The Morgan fingerprint density at radius 3 is 2.68 bits per heavy atom. The molecule has 1 N–H and O–H groups in total. The zero-order chi connectivity index (χ0) is 13.9. The van der Waals surface area contributed by atoms with Gasteiger partial charge in [0.05, 0.1) is 6.61 Å². The van der Waals surface area contributed by atoms with Gasteiger partial charge in [-0.3, -0.25) is 0 Å². The smallest absolute Gasteiger partial charge is 0.119 e. The van der Waals surface area contributed by atoms with Crippen LogP contribution in [-0.2, 0) is 0 Å². The van der Waals surface area contributed by atoms with E-state index >= 15 is 0 Å². The van der Waals surface area contributed by atoms with Crippen LogP contribution in [0, 0.1) is 11.3 Å². The average Bonchev–Trinajstić information content (AvgIpc) is 3.00. The second-order valence-corrected chi connectivity index (χ2v) is 6.24. The topological polar surface area (TPSA) is 21.3 Å². The maximum atomic E-state index is 5.63. The molecule has 1 aromatic carbocycles. The van der Waals surface area contributed by atoms with Gasteiger partial charge in [0.15, 0.2) is 0 Å². The minimum Gasteiger partial charge on any atom is -0.494 e. The van der Waals surface area contributed by atoms with Gasteiger partial charge < -0.3 is 10.1 Å². The predicted octanol–water partition coefficient (Wildman–Crippen LogP) is 4.17. The zero-order valence-corrected chi connectivity index (χ0v) is 12.7. The summed E-state index contributed by atoms with van der Waals surface area (Å²) in [6.45, 7) is 10.8. The molecule has 0 saturated heterocycles. The zero-order valence-electron chi connectivity index (χ0n) is 12.7. The van der Waals surface area contributed by atoms with Crippen LogP contribution in [0.4, 0.5) is 0 Å². The van der Waals surface area contributed by atoms with Gasteiger partial charge in [0.25, 0.3) is 0 Å². The Morgan fingerprint density at radius 1 is 1.37 bits per heavy atom. The molecule has 0 radical (unpaired) electrons. The summed E-state index contributed by atoms with van der Waals surface area (Å²) in [5, 5.41) is 3.72. The van der Waals surface area contributed by atoms with Crippen molar-refractivity contribution in [3.8, 4) is 5.75 Å². The second kappa shape index (κ2) is 5.96. The highest BCUT2D eigenvalue weighted by molar-refractivity contribution is 5.32. The first-order valence-corrected chi connectivity index (χ1v) is 7.54. The lowest BCUT2D eigenvalue weighted by molar-refractivity contribution is 0.338. The van der Waals surface area contributed by atoms with E-state index in [2.05, 4.69) is 44.3 Å². The third kappa shape index (κ3) is 3.50. The van der Waals surface area contributed by atoms with Crippen LogP contribution in [0.25, 0.3) is 0 Å². The Kier molecular flexibility index (Phi) is 4.51. The molecule has 2 nitrogen and oxygen atoms in total. The van der Waals surface area contributed by atoms with E-state index in [1.165, 1.54) is 18.4 Å². The molecule has 0 aliphatic heterocycles. The van der Waals surface area contributed by atoms with Crippen LogP contribution >= 0.6 is 0 Å². The van der Waals surface area contributed by atoms with Crippen molar-refractivity contribution < 1.29 is 4.74 Å². The predicted molar refractivity (Wildman–Crippen MR) is 80.5 cm³/mol. The van der Waals surface area contributed by atoms with Crippen molar-refractivity contribution in [1.82, 2.24) is 5.32 Å². The molecule has 1 fully saturated rings. The van der Waals surface area contributed by atoms with Crippen LogP contribution in [0.2, 0.25) is 0 Å².